The summed E-state index contributed by atoms with van der Waals surface area (Å²) < 4.78 is 17.6. The van der Waals surface area contributed by atoms with Crippen molar-refractivity contribution in [1.29, 1.82) is 0 Å². The monoisotopic (exact) mass is 402 g/mol. The predicted molar refractivity (Wildman–Crippen MR) is 111 cm³/mol. The molecule has 1 heterocycles. The second kappa shape index (κ2) is 9.49. The standard InChI is InChI=1S/C22H30N2O5/c1-8-29-22(26)18-10-14(3)24(16(18)5)12-21(25)23-15(4)17-11-20(28-7)19(27-6)9-13(17)2/h9-11,15H,8,12H2,1-7H3,(H,23,25). The molecule has 0 aliphatic carbocycles. The highest BCUT2D eigenvalue weighted by Crippen LogP contribution is 2.32. The summed E-state index contributed by atoms with van der Waals surface area (Å²) in [5.74, 6) is 0.744. The lowest BCUT2D eigenvalue weighted by molar-refractivity contribution is -0.122. The average Bonchev–Trinajstić information content (AvgIpc) is 2.95. The number of carbonyl (C=O) groups excluding carboxylic acids is 2. The molecule has 0 spiro atoms. The molecule has 1 aromatic heterocycles. The van der Waals surface area contributed by atoms with Crippen LogP contribution in [0.3, 0.4) is 0 Å². The Kier molecular flexibility index (Phi) is 7.31. The summed E-state index contributed by atoms with van der Waals surface area (Å²) in [7, 11) is 3.17. The van der Waals surface area contributed by atoms with Crippen LogP contribution in [0.15, 0.2) is 18.2 Å². The average molecular weight is 402 g/mol. The quantitative estimate of drug-likeness (QED) is 0.684. The van der Waals surface area contributed by atoms with Gasteiger partial charge in [0.2, 0.25) is 5.91 Å². The van der Waals surface area contributed by atoms with Gasteiger partial charge in [-0.15, -0.1) is 0 Å². The molecule has 7 heteroatoms. The van der Waals surface area contributed by atoms with E-state index in [4.69, 9.17) is 14.2 Å². The van der Waals surface area contributed by atoms with Crippen molar-refractivity contribution < 1.29 is 23.8 Å². The number of amides is 1. The molecule has 0 bridgehead atoms. The van der Waals surface area contributed by atoms with E-state index in [1.807, 2.05) is 44.4 Å². The van der Waals surface area contributed by atoms with Crippen molar-refractivity contribution in [3.63, 3.8) is 0 Å². The van der Waals surface area contributed by atoms with Crippen LogP contribution >= 0.6 is 0 Å². The number of benzene rings is 1. The van der Waals surface area contributed by atoms with Gasteiger partial charge in [-0.3, -0.25) is 4.79 Å². The maximum absolute atomic E-state index is 12.7. The van der Waals surface area contributed by atoms with Gasteiger partial charge in [-0.05, 0) is 63.9 Å². The molecule has 0 radical (unpaired) electrons. The molecule has 0 fully saturated rings. The fraction of sp³-hybridized carbons (Fsp3) is 0.455. The zero-order valence-corrected chi connectivity index (χ0v) is 18.2. The number of rotatable bonds is 8. The van der Waals surface area contributed by atoms with E-state index < -0.39 is 0 Å². The van der Waals surface area contributed by atoms with Gasteiger partial charge in [-0.1, -0.05) is 0 Å². The lowest BCUT2D eigenvalue weighted by atomic mass is 10.0. The summed E-state index contributed by atoms with van der Waals surface area (Å²) >= 11 is 0. The topological polar surface area (TPSA) is 78.8 Å². The van der Waals surface area contributed by atoms with Gasteiger partial charge in [0.05, 0.1) is 32.4 Å². The van der Waals surface area contributed by atoms with Crippen molar-refractivity contribution >= 4 is 11.9 Å². The third-order valence-electron chi connectivity index (χ3n) is 4.99. The first kappa shape index (κ1) is 22.3. The van der Waals surface area contributed by atoms with Gasteiger partial charge in [0.1, 0.15) is 6.54 Å². The van der Waals surface area contributed by atoms with Crippen LogP contribution in [-0.2, 0) is 16.1 Å². The second-order valence-electron chi connectivity index (χ2n) is 6.94. The Labute approximate surface area is 172 Å². The molecule has 29 heavy (non-hydrogen) atoms. The van der Waals surface area contributed by atoms with Crippen molar-refractivity contribution in [2.24, 2.45) is 0 Å². The Balaban J connectivity index is 2.17. The van der Waals surface area contributed by atoms with Crippen molar-refractivity contribution in [2.45, 2.75) is 47.2 Å². The van der Waals surface area contributed by atoms with Crippen LogP contribution < -0.4 is 14.8 Å². The summed E-state index contributed by atoms with van der Waals surface area (Å²) in [6.45, 7) is 9.76. The summed E-state index contributed by atoms with van der Waals surface area (Å²) in [5, 5.41) is 3.02. The van der Waals surface area contributed by atoms with Gasteiger partial charge < -0.3 is 24.1 Å². The van der Waals surface area contributed by atoms with Crippen LogP contribution in [0.1, 0.15) is 52.8 Å². The maximum atomic E-state index is 12.7. The van der Waals surface area contributed by atoms with Gasteiger partial charge in [-0.25, -0.2) is 4.79 Å². The van der Waals surface area contributed by atoms with Crippen LogP contribution in [0.2, 0.25) is 0 Å². The minimum absolute atomic E-state index is 0.119. The largest absolute Gasteiger partial charge is 0.493 e. The van der Waals surface area contributed by atoms with Crippen LogP contribution in [0.5, 0.6) is 11.5 Å². The molecule has 1 atom stereocenters. The van der Waals surface area contributed by atoms with Gasteiger partial charge in [0, 0.05) is 11.4 Å². The minimum Gasteiger partial charge on any atom is -0.493 e. The van der Waals surface area contributed by atoms with Crippen LogP contribution in [0.4, 0.5) is 0 Å². The number of nitrogens with one attached hydrogen (secondary N) is 1. The molecule has 0 saturated carbocycles. The fourth-order valence-electron chi connectivity index (χ4n) is 3.43. The molecule has 1 unspecified atom stereocenters. The van der Waals surface area contributed by atoms with E-state index >= 15 is 0 Å². The first-order chi connectivity index (χ1) is 13.7. The molecule has 2 rings (SSSR count). The number of esters is 1. The van der Waals surface area contributed by atoms with E-state index in [1.165, 1.54) is 0 Å². The fourth-order valence-corrected chi connectivity index (χ4v) is 3.43. The third-order valence-corrected chi connectivity index (χ3v) is 4.99. The van der Waals surface area contributed by atoms with Gasteiger partial charge in [-0.2, -0.15) is 0 Å². The van der Waals surface area contributed by atoms with E-state index in [1.54, 1.807) is 27.2 Å². The number of nitrogens with zero attached hydrogens (tertiary/aromatic N) is 1. The summed E-state index contributed by atoms with van der Waals surface area (Å²) in [5.41, 5.74) is 3.97. The van der Waals surface area contributed by atoms with E-state index in [9.17, 15) is 9.59 Å². The Hall–Kier alpha value is -2.96. The highest BCUT2D eigenvalue weighted by atomic mass is 16.5. The number of hydrogen-bond acceptors (Lipinski definition) is 5. The number of hydrogen-bond donors (Lipinski definition) is 1. The Morgan fingerprint density at radius 2 is 1.69 bits per heavy atom. The number of carbonyl (C=O) groups is 2. The number of aromatic nitrogens is 1. The second-order valence-corrected chi connectivity index (χ2v) is 6.94. The van der Waals surface area contributed by atoms with E-state index in [0.29, 0.717) is 29.4 Å². The molecule has 1 N–H and O–H groups in total. The molecule has 0 aliphatic rings. The van der Waals surface area contributed by atoms with Gasteiger partial charge in [0.15, 0.2) is 11.5 Å². The lowest BCUT2D eigenvalue weighted by Gasteiger charge is -2.20. The van der Waals surface area contributed by atoms with Crippen LogP contribution in [0, 0.1) is 20.8 Å². The first-order valence-electron chi connectivity index (χ1n) is 9.59. The van der Waals surface area contributed by atoms with E-state index in [2.05, 4.69) is 5.32 Å². The molecule has 2 aromatic rings. The molecule has 0 aliphatic heterocycles. The van der Waals surface area contributed by atoms with Crippen molar-refractivity contribution in [3.05, 3.63) is 46.3 Å². The number of ether oxygens (including phenoxy) is 3. The highest BCUT2D eigenvalue weighted by molar-refractivity contribution is 5.91. The number of methoxy groups -OCH3 is 2. The zero-order chi connectivity index (χ0) is 21.7. The Bertz CT molecular complexity index is 901. The van der Waals surface area contributed by atoms with Crippen molar-refractivity contribution in [2.75, 3.05) is 20.8 Å². The molecule has 7 nitrogen and oxygen atoms in total. The summed E-state index contributed by atoms with van der Waals surface area (Å²) in [6.07, 6.45) is 0. The summed E-state index contributed by atoms with van der Waals surface area (Å²) in [6, 6.07) is 5.30. The van der Waals surface area contributed by atoms with Gasteiger partial charge in [0.25, 0.3) is 0 Å². The molecule has 0 saturated heterocycles. The molecule has 158 valence electrons. The maximum Gasteiger partial charge on any atom is 0.339 e. The van der Waals surface area contributed by atoms with Crippen LogP contribution in [0.25, 0.3) is 0 Å². The van der Waals surface area contributed by atoms with Crippen molar-refractivity contribution in [3.8, 4) is 11.5 Å². The van der Waals surface area contributed by atoms with Gasteiger partial charge >= 0.3 is 5.97 Å². The zero-order valence-electron chi connectivity index (χ0n) is 18.2. The SMILES string of the molecule is CCOC(=O)c1cc(C)n(CC(=O)NC(C)c2cc(OC)c(OC)cc2C)c1C. The van der Waals surface area contributed by atoms with E-state index in [0.717, 1.165) is 16.8 Å². The molecular formula is C22H30N2O5. The smallest absolute Gasteiger partial charge is 0.339 e. The Morgan fingerprint density at radius 1 is 1.07 bits per heavy atom. The predicted octanol–water partition coefficient (Wildman–Crippen LogP) is 3.48. The molecule has 1 aromatic carbocycles. The Morgan fingerprint density at radius 3 is 2.28 bits per heavy atom. The highest BCUT2D eigenvalue weighted by Gasteiger charge is 2.20. The molecular weight excluding hydrogens is 372 g/mol. The normalized spacial score (nSPS) is 11.7. The number of aryl methyl sites for hydroxylation is 2. The minimum atomic E-state index is -0.374. The first-order valence-corrected chi connectivity index (χ1v) is 9.59. The third kappa shape index (κ3) is 4.91. The molecule has 1 amide bonds. The summed E-state index contributed by atoms with van der Waals surface area (Å²) in [4.78, 5) is 24.8. The van der Waals surface area contributed by atoms with Crippen LogP contribution in [-0.4, -0.2) is 37.3 Å². The van der Waals surface area contributed by atoms with E-state index in [-0.39, 0.29) is 24.5 Å². The lowest BCUT2D eigenvalue weighted by Crippen LogP contribution is -2.31. The van der Waals surface area contributed by atoms with Crippen molar-refractivity contribution in [1.82, 2.24) is 9.88 Å².